The maximum absolute atomic E-state index is 8.95. The number of rotatable bonds is 8. The van der Waals surface area contributed by atoms with Crippen molar-refractivity contribution < 1.29 is 10.2 Å². The van der Waals surface area contributed by atoms with Crippen molar-refractivity contribution >= 4 is 11.8 Å². The molecule has 0 amide bonds. The summed E-state index contributed by atoms with van der Waals surface area (Å²) in [6, 6.07) is 0. The Morgan fingerprint density at radius 2 is 2.08 bits per heavy atom. The van der Waals surface area contributed by atoms with Crippen LogP contribution < -0.4 is 11.1 Å². The molecule has 0 bridgehead atoms. The highest BCUT2D eigenvalue weighted by Crippen LogP contribution is 2.03. The van der Waals surface area contributed by atoms with E-state index in [1.807, 2.05) is 0 Å². The van der Waals surface area contributed by atoms with Crippen LogP contribution in [-0.2, 0) is 0 Å². The van der Waals surface area contributed by atoms with Gasteiger partial charge in [0.2, 0.25) is 0 Å². The van der Waals surface area contributed by atoms with Crippen molar-refractivity contribution in [3.63, 3.8) is 0 Å². The lowest BCUT2D eigenvalue weighted by Crippen LogP contribution is -2.34. The Balaban J connectivity index is 2.92. The van der Waals surface area contributed by atoms with Gasteiger partial charge >= 0.3 is 0 Å². The molecule has 0 saturated carbocycles. The molecular weight excluding hydrogens is 188 g/mol. The topological polar surface area (TPSA) is 78.5 Å². The van der Waals surface area contributed by atoms with Crippen molar-refractivity contribution in [2.75, 3.05) is 24.6 Å². The Morgan fingerprint density at radius 1 is 1.38 bits per heavy atom. The minimum absolute atomic E-state index is 0.202. The molecule has 0 heterocycles. The number of nitrogens with one attached hydrogen (secondary N) is 1. The molecule has 5 N–H and O–H groups in total. The van der Waals surface area contributed by atoms with Crippen LogP contribution in [0.25, 0.3) is 0 Å². The van der Waals surface area contributed by atoms with Gasteiger partial charge in [0.25, 0.3) is 0 Å². The Labute approximate surface area is 83.9 Å². The Morgan fingerprint density at radius 3 is 2.62 bits per heavy atom. The highest BCUT2D eigenvalue weighted by molar-refractivity contribution is 7.99. The van der Waals surface area contributed by atoms with Gasteiger partial charge in [-0.3, -0.25) is 0 Å². The van der Waals surface area contributed by atoms with Crippen LogP contribution in [0.15, 0.2) is 0 Å². The van der Waals surface area contributed by atoms with Crippen LogP contribution in [-0.4, -0.2) is 47.1 Å². The third-order valence-corrected chi connectivity index (χ3v) is 2.47. The summed E-state index contributed by atoms with van der Waals surface area (Å²) in [5, 5.41) is 20.7. The van der Waals surface area contributed by atoms with Gasteiger partial charge in [0.15, 0.2) is 0 Å². The van der Waals surface area contributed by atoms with E-state index in [9.17, 15) is 0 Å². The van der Waals surface area contributed by atoms with Crippen LogP contribution in [0, 0.1) is 0 Å². The third kappa shape index (κ3) is 12.2. The summed E-state index contributed by atoms with van der Waals surface area (Å²) in [6.07, 6.45) is -0.127. The van der Waals surface area contributed by atoms with E-state index >= 15 is 0 Å². The monoisotopic (exact) mass is 208 g/mol. The van der Waals surface area contributed by atoms with Crippen LogP contribution in [0.4, 0.5) is 0 Å². The average molecular weight is 208 g/mol. The number of thioether (sulfide) groups is 1. The fourth-order valence-electron chi connectivity index (χ4n) is 0.750. The largest absolute Gasteiger partial charge is 0.393 e. The second-order valence-electron chi connectivity index (χ2n) is 3.02. The third-order valence-electron chi connectivity index (χ3n) is 1.46. The number of aliphatic hydroxyl groups excluding tert-OH is 2. The van der Waals surface area contributed by atoms with Crippen LogP contribution in [0.2, 0.25) is 0 Å². The van der Waals surface area contributed by atoms with E-state index < -0.39 is 6.23 Å². The maximum Gasteiger partial charge on any atom is 0.115 e. The molecule has 0 aromatic rings. The summed E-state index contributed by atoms with van der Waals surface area (Å²) < 4.78 is 0. The second kappa shape index (κ2) is 8.77. The SMILES string of the molecule is CC(O)CCSCCNCC(N)O. The van der Waals surface area contributed by atoms with Gasteiger partial charge in [-0.2, -0.15) is 11.8 Å². The normalized spacial score (nSPS) is 15.7. The van der Waals surface area contributed by atoms with Crippen molar-refractivity contribution in [3.8, 4) is 0 Å². The fraction of sp³-hybridized carbons (Fsp3) is 1.00. The Hall–Kier alpha value is 0.190. The average Bonchev–Trinajstić information content (AvgIpc) is 2.01. The predicted octanol–water partition coefficient (Wildman–Crippen LogP) is -0.643. The molecule has 2 unspecified atom stereocenters. The van der Waals surface area contributed by atoms with E-state index in [0.29, 0.717) is 6.54 Å². The van der Waals surface area contributed by atoms with Crippen LogP contribution in [0.1, 0.15) is 13.3 Å². The number of hydrogen-bond donors (Lipinski definition) is 4. The molecule has 0 aromatic carbocycles. The molecule has 5 heteroatoms. The summed E-state index contributed by atoms with van der Waals surface area (Å²) in [6.45, 7) is 3.08. The van der Waals surface area contributed by atoms with Gasteiger partial charge in [0, 0.05) is 18.8 Å². The first kappa shape index (κ1) is 13.2. The zero-order valence-electron chi connectivity index (χ0n) is 8.07. The van der Waals surface area contributed by atoms with E-state index in [-0.39, 0.29) is 6.10 Å². The number of aliphatic hydroxyl groups is 2. The summed E-state index contributed by atoms with van der Waals surface area (Å²) in [5.74, 6) is 1.96. The molecular formula is C8H20N2O2S. The number of nitrogens with two attached hydrogens (primary N) is 1. The van der Waals surface area contributed by atoms with Gasteiger partial charge in [-0.1, -0.05) is 0 Å². The summed E-state index contributed by atoms with van der Waals surface area (Å²) in [7, 11) is 0. The predicted molar refractivity (Wildman–Crippen MR) is 56.7 cm³/mol. The van der Waals surface area contributed by atoms with Crippen molar-refractivity contribution in [3.05, 3.63) is 0 Å². The van der Waals surface area contributed by atoms with E-state index in [0.717, 1.165) is 24.5 Å². The molecule has 0 fully saturated rings. The molecule has 13 heavy (non-hydrogen) atoms. The summed E-state index contributed by atoms with van der Waals surface area (Å²) in [4.78, 5) is 0. The van der Waals surface area contributed by atoms with Gasteiger partial charge in [0.1, 0.15) is 6.23 Å². The first-order valence-electron chi connectivity index (χ1n) is 4.53. The van der Waals surface area contributed by atoms with Crippen LogP contribution >= 0.6 is 11.8 Å². The van der Waals surface area contributed by atoms with Crippen LogP contribution in [0.5, 0.6) is 0 Å². The summed E-state index contributed by atoms with van der Waals surface area (Å²) >= 11 is 1.79. The first-order chi connectivity index (χ1) is 6.13. The molecule has 0 saturated heterocycles. The molecule has 0 aliphatic carbocycles. The molecule has 0 aliphatic heterocycles. The molecule has 0 aromatic heterocycles. The van der Waals surface area contributed by atoms with Crippen molar-refractivity contribution in [2.45, 2.75) is 25.7 Å². The molecule has 0 aliphatic rings. The minimum atomic E-state index is -0.762. The zero-order valence-corrected chi connectivity index (χ0v) is 8.89. The molecule has 4 nitrogen and oxygen atoms in total. The van der Waals surface area contributed by atoms with E-state index in [1.165, 1.54) is 0 Å². The van der Waals surface area contributed by atoms with Gasteiger partial charge in [-0.25, -0.2) is 0 Å². The minimum Gasteiger partial charge on any atom is -0.393 e. The fourth-order valence-corrected chi connectivity index (χ4v) is 1.75. The van der Waals surface area contributed by atoms with Crippen molar-refractivity contribution in [1.29, 1.82) is 0 Å². The first-order valence-corrected chi connectivity index (χ1v) is 5.68. The molecule has 0 spiro atoms. The Bertz CT molecular complexity index is 100. The molecule has 80 valence electrons. The quantitative estimate of drug-likeness (QED) is 0.315. The zero-order chi connectivity index (χ0) is 10.1. The van der Waals surface area contributed by atoms with Crippen molar-refractivity contribution in [1.82, 2.24) is 5.32 Å². The smallest absolute Gasteiger partial charge is 0.115 e. The lowest BCUT2D eigenvalue weighted by molar-refractivity contribution is 0.180. The van der Waals surface area contributed by atoms with E-state index in [1.54, 1.807) is 18.7 Å². The highest BCUT2D eigenvalue weighted by Gasteiger charge is 1.96. The van der Waals surface area contributed by atoms with E-state index in [2.05, 4.69) is 5.32 Å². The van der Waals surface area contributed by atoms with Gasteiger partial charge < -0.3 is 21.3 Å². The van der Waals surface area contributed by atoms with E-state index in [4.69, 9.17) is 15.9 Å². The number of hydrogen-bond acceptors (Lipinski definition) is 5. The lowest BCUT2D eigenvalue weighted by Gasteiger charge is -2.07. The molecule has 2 atom stereocenters. The standard InChI is InChI=1S/C8H20N2O2S/c1-7(11)2-4-13-5-3-10-6-8(9)12/h7-8,10-12H,2-6,9H2,1H3. The van der Waals surface area contributed by atoms with Gasteiger partial charge in [0.05, 0.1) is 6.10 Å². The maximum atomic E-state index is 8.95. The van der Waals surface area contributed by atoms with Gasteiger partial charge in [-0.05, 0) is 19.1 Å². The van der Waals surface area contributed by atoms with Crippen LogP contribution in [0.3, 0.4) is 0 Å². The molecule has 0 radical (unpaired) electrons. The summed E-state index contributed by atoms with van der Waals surface area (Å²) in [5.41, 5.74) is 5.13. The highest BCUT2D eigenvalue weighted by atomic mass is 32.2. The van der Waals surface area contributed by atoms with Crippen molar-refractivity contribution in [2.24, 2.45) is 5.73 Å². The Kier molecular flexibility index (Phi) is 8.90. The lowest BCUT2D eigenvalue weighted by atomic mass is 10.3. The molecule has 0 rings (SSSR count). The van der Waals surface area contributed by atoms with Gasteiger partial charge in [-0.15, -0.1) is 0 Å². The second-order valence-corrected chi connectivity index (χ2v) is 4.25.